The van der Waals surface area contributed by atoms with E-state index in [2.05, 4.69) is 64.6 Å². The predicted octanol–water partition coefficient (Wildman–Crippen LogP) is 4.26. The number of carbonyl (C=O) groups excluding carboxylic acids is 1. The molecule has 1 aliphatic rings. The van der Waals surface area contributed by atoms with Gasteiger partial charge in [0, 0.05) is 42.6 Å². The molecular weight excluding hydrogens is 400 g/mol. The minimum Gasteiger partial charge on any atom is -0.494 e. The van der Waals surface area contributed by atoms with Crippen LogP contribution in [-0.4, -0.2) is 53.8 Å². The number of nitrogens with one attached hydrogen (secondary N) is 2. The Morgan fingerprint density at radius 3 is 2.84 bits per heavy atom. The van der Waals surface area contributed by atoms with Crippen molar-refractivity contribution in [3.05, 3.63) is 59.7 Å². The second-order valence-electron chi connectivity index (χ2n) is 8.12. The monoisotopic (exact) mass is 432 g/mol. The van der Waals surface area contributed by atoms with Crippen LogP contribution in [0.2, 0.25) is 0 Å². The maximum atomic E-state index is 12.0. The zero-order valence-electron chi connectivity index (χ0n) is 19.0. The topological polar surface area (TPSA) is 70.2 Å². The Kier molecular flexibility index (Phi) is 7.22. The van der Waals surface area contributed by atoms with Gasteiger partial charge in [0.2, 0.25) is 5.91 Å². The van der Waals surface area contributed by atoms with Gasteiger partial charge in [-0.3, -0.25) is 9.89 Å². The summed E-state index contributed by atoms with van der Waals surface area (Å²) in [5.41, 5.74) is 6.96. The zero-order chi connectivity index (χ0) is 22.3. The molecule has 3 aromatic rings. The summed E-state index contributed by atoms with van der Waals surface area (Å²) < 4.78 is 5.93. The molecule has 6 heteroatoms. The summed E-state index contributed by atoms with van der Waals surface area (Å²) in [6, 6.07) is 16.5. The first kappa shape index (κ1) is 22.1. The number of aromatic nitrogens is 2. The molecule has 0 unspecified atom stereocenters. The van der Waals surface area contributed by atoms with E-state index < -0.39 is 0 Å². The van der Waals surface area contributed by atoms with E-state index in [1.54, 1.807) is 0 Å². The third-order valence-electron chi connectivity index (χ3n) is 6.09. The summed E-state index contributed by atoms with van der Waals surface area (Å²) in [5.74, 6) is 0.887. The van der Waals surface area contributed by atoms with Crippen molar-refractivity contribution in [1.29, 1.82) is 0 Å². The molecule has 0 atom stereocenters. The van der Waals surface area contributed by atoms with Crippen LogP contribution < -0.4 is 10.1 Å². The van der Waals surface area contributed by atoms with Gasteiger partial charge in [-0.2, -0.15) is 5.10 Å². The van der Waals surface area contributed by atoms with Crippen LogP contribution in [0.3, 0.4) is 0 Å². The van der Waals surface area contributed by atoms with Crippen molar-refractivity contribution in [1.82, 2.24) is 20.4 Å². The fraction of sp³-hybridized carbons (Fsp3) is 0.385. The van der Waals surface area contributed by atoms with Crippen LogP contribution in [0.5, 0.6) is 5.75 Å². The number of benzene rings is 2. The van der Waals surface area contributed by atoms with Gasteiger partial charge in [-0.05, 0) is 37.2 Å². The van der Waals surface area contributed by atoms with Crippen molar-refractivity contribution in [2.24, 2.45) is 0 Å². The lowest BCUT2D eigenvalue weighted by molar-refractivity contribution is -0.121. The fourth-order valence-electron chi connectivity index (χ4n) is 4.25. The zero-order valence-corrected chi connectivity index (χ0v) is 19.0. The van der Waals surface area contributed by atoms with Crippen LogP contribution in [0.1, 0.15) is 37.8 Å². The first-order chi connectivity index (χ1) is 15.7. The average molecular weight is 433 g/mol. The molecule has 1 heterocycles. The van der Waals surface area contributed by atoms with Crippen LogP contribution in [-0.2, 0) is 11.2 Å². The molecule has 2 N–H and O–H groups in total. The molecular formula is C26H32N4O2. The highest BCUT2D eigenvalue weighted by atomic mass is 16.5. The van der Waals surface area contributed by atoms with E-state index >= 15 is 0 Å². The van der Waals surface area contributed by atoms with E-state index in [1.165, 1.54) is 16.7 Å². The molecule has 0 saturated heterocycles. The van der Waals surface area contributed by atoms with Gasteiger partial charge in [-0.25, -0.2) is 0 Å². The highest BCUT2D eigenvalue weighted by Gasteiger charge is 2.24. The van der Waals surface area contributed by atoms with E-state index in [4.69, 9.17) is 4.74 Å². The van der Waals surface area contributed by atoms with Crippen LogP contribution in [0, 0.1) is 0 Å². The molecule has 1 aliphatic carbocycles. The SMILES string of the molecule is CCN(CC)CCNC(=O)CCCOc1cccc(-c2n[nH]c3c2Cc2ccccc2-3)c1. The minimum absolute atomic E-state index is 0.0844. The van der Waals surface area contributed by atoms with E-state index in [0.717, 1.165) is 48.8 Å². The van der Waals surface area contributed by atoms with E-state index in [0.29, 0.717) is 26.0 Å². The molecule has 0 aliphatic heterocycles. The molecule has 0 spiro atoms. The molecule has 0 fully saturated rings. The second-order valence-corrected chi connectivity index (χ2v) is 8.12. The molecule has 2 aromatic carbocycles. The number of fused-ring (bicyclic) bond motifs is 3. The summed E-state index contributed by atoms with van der Waals surface area (Å²) in [6.45, 7) is 8.38. The molecule has 1 amide bonds. The average Bonchev–Trinajstić information content (AvgIpc) is 3.39. The summed E-state index contributed by atoms with van der Waals surface area (Å²) >= 11 is 0. The Balaban J connectivity index is 1.27. The molecule has 168 valence electrons. The highest BCUT2D eigenvalue weighted by molar-refractivity contribution is 5.81. The van der Waals surface area contributed by atoms with Gasteiger partial charge < -0.3 is 15.0 Å². The lowest BCUT2D eigenvalue weighted by Gasteiger charge is -2.17. The quantitative estimate of drug-likeness (QED) is 0.347. The Morgan fingerprint density at radius 1 is 1.16 bits per heavy atom. The van der Waals surface area contributed by atoms with Gasteiger partial charge in [0.25, 0.3) is 0 Å². The van der Waals surface area contributed by atoms with Crippen LogP contribution in [0.25, 0.3) is 22.5 Å². The van der Waals surface area contributed by atoms with Gasteiger partial charge in [0.15, 0.2) is 0 Å². The number of aromatic amines is 1. The van der Waals surface area contributed by atoms with Crippen LogP contribution in [0.4, 0.5) is 0 Å². The third kappa shape index (κ3) is 5.02. The number of nitrogens with zero attached hydrogens (tertiary/aromatic N) is 2. The Labute approximate surface area is 190 Å². The molecule has 4 rings (SSSR count). The Hall–Kier alpha value is -3.12. The second kappa shape index (κ2) is 10.5. The van der Waals surface area contributed by atoms with Crippen LogP contribution in [0.15, 0.2) is 48.5 Å². The molecule has 0 bridgehead atoms. The maximum Gasteiger partial charge on any atom is 0.220 e. The first-order valence-electron chi connectivity index (χ1n) is 11.6. The standard InChI is InChI=1S/C26H32N4O2/c1-3-30(4-2)15-14-27-24(31)13-8-16-32-21-11-7-10-20(17-21)25-23-18-19-9-5-6-12-22(19)26(23)29-28-25/h5-7,9-12,17H,3-4,8,13-16,18H2,1-2H3,(H,27,31)(H,28,29). The first-order valence-corrected chi connectivity index (χ1v) is 11.6. The fourth-order valence-corrected chi connectivity index (χ4v) is 4.25. The number of likely N-dealkylation sites (N-methyl/N-ethyl adjacent to an activating group) is 1. The third-order valence-corrected chi connectivity index (χ3v) is 6.09. The predicted molar refractivity (Wildman–Crippen MR) is 128 cm³/mol. The van der Waals surface area contributed by atoms with Crippen molar-refractivity contribution < 1.29 is 9.53 Å². The number of carbonyl (C=O) groups is 1. The summed E-state index contributed by atoms with van der Waals surface area (Å²) in [5, 5.41) is 10.8. The molecule has 1 aromatic heterocycles. The molecule has 6 nitrogen and oxygen atoms in total. The number of amides is 1. The molecule has 32 heavy (non-hydrogen) atoms. The lowest BCUT2D eigenvalue weighted by Crippen LogP contribution is -2.34. The summed E-state index contributed by atoms with van der Waals surface area (Å²) in [7, 11) is 0. The van der Waals surface area contributed by atoms with Crippen LogP contribution >= 0.6 is 0 Å². The number of hydrogen-bond acceptors (Lipinski definition) is 4. The van der Waals surface area contributed by atoms with Gasteiger partial charge in [0.05, 0.1) is 18.0 Å². The number of H-pyrrole nitrogens is 1. The van der Waals surface area contributed by atoms with E-state index in [1.807, 2.05) is 18.2 Å². The number of hydrogen-bond donors (Lipinski definition) is 2. The minimum atomic E-state index is 0.0844. The normalized spacial score (nSPS) is 12.0. The van der Waals surface area contributed by atoms with Gasteiger partial charge in [-0.1, -0.05) is 50.2 Å². The van der Waals surface area contributed by atoms with Crippen molar-refractivity contribution in [3.8, 4) is 28.3 Å². The molecule has 0 saturated carbocycles. The maximum absolute atomic E-state index is 12.0. The van der Waals surface area contributed by atoms with Crippen molar-refractivity contribution in [2.75, 3.05) is 32.8 Å². The number of ether oxygens (including phenoxy) is 1. The highest BCUT2D eigenvalue weighted by Crippen LogP contribution is 2.40. The summed E-state index contributed by atoms with van der Waals surface area (Å²) in [4.78, 5) is 14.3. The van der Waals surface area contributed by atoms with Gasteiger partial charge in [0.1, 0.15) is 5.75 Å². The summed E-state index contributed by atoms with van der Waals surface area (Å²) in [6.07, 6.45) is 2.06. The smallest absolute Gasteiger partial charge is 0.220 e. The van der Waals surface area contributed by atoms with Gasteiger partial charge >= 0.3 is 0 Å². The van der Waals surface area contributed by atoms with E-state index in [-0.39, 0.29) is 5.91 Å². The lowest BCUT2D eigenvalue weighted by atomic mass is 10.1. The largest absolute Gasteiger partial charge is 0.494 e. The Morgan fingerprint density at radius 2 is 2.00 bits per heavy atom. The number of rotatable bonds is 11. The van der Waals surface area contributed by atoms with Crippen molar-refractivity contribution in [3.63, 3.8) is 0 Å². The van der Waals surface area contributed by atoms with Crippen molar-refractivity contribution >= 4 is 5.91 Å². The van der Waals surface area contributed by atoms with E-state index in [9.17, 15) is 4.79 Å². The van der Waals surface area contributed by atoms with Crippen molar-refractivity contribution in [2.45, 2.75) is 33.1 Å². The molecule has 0 radical (unpaired) electrons. The Bertz CT molecular complexity index is 1060. The van der Waals surface area contributed by atoms with Gasteiger partial charge in [-0.15, -0.1) is 0 Å².